The van der Waals surface area contributed by atoms with E-state index in [4.69, 9.17) is 22.1 Å². The predicted molar refractivity (Wildman–Crippen MR) is 103 cm³/mol. The Morgan fingerprint density at radius 1 is 1.36 bits per heavy atom. The van der Waals surface area contributed by atoms with Crippen molar-refractivity contribution in [1.82, 2.24) is 9.88 Å². The molecule has 146 valence electrons. The maximum atomic E-state index is 13.8. The van der Waals surface area contributed by atoms with Crippen molar-refractivity contribution >= 4 is 23.4 Å². The summed E-state index contributed by atoms with van der Waals surface area (Å²) in [5.74, 6) is -1.80. The number of rotatable bonds is 4. The number of carbonyl (C=O) groups excluding carboxylic acids is 2. The Morgan fingerprint density at radius 2 is 2.11 bits per heavy atom. The molecule has 6 nitrogen and oxygen atoms in total. The molecule has 0 spiro atoms. The van der Waals surface area contributed by atoms with Crippen molar-refractivity contribution in [3.63, 3.8) is 0 Å². The molecule has 3 rings (SSSR count). The van der Waals surface area contributed by atoms with E-state index in [1.807, 2.05) is 6.92 Å². The topological polar surface area (TPSA) is 85.5 Å². The van der Waals surface area contributed by atoms with Crippen molar-refractivity contribution in [3.8, 4) is 11.3 Å². The SMILES string of the molecule is C=CC(=O)N1[C@H](C)COC[C@H]1c1cc(Cl)nc(-c2ccc(F)c(C(N)=O)c2)c1. The minimum absolute atomic E-state index is 0.146. The number of halogens is 2. The zero-order valence-corrected chi connectivity index (χ0v) is 15.9. The van der Waals surface area contributed by atoms with Gasteiger partial charge in [-0.1, -0.05) is 18.2 Å². The van der Waals surface area contributed by atoms with Gasteiger partial charge in [0, 0.05) is 5.56 Å². The van der Waals surface area contributed by atoms with Crippen LogP contribution >= 0.6 is 11.6 Å². The van der Waals surface area contributed by atoms with Crippen molar-refractivity contribution in [2.75, 3.05) is 13.2 Å². The fourth-order valence-corrected chi connectivity index (χ4v) is 3.50. The molecule has 1 aliphatic rings. The molecule has 1 aromatic carbocycles. The Hall–Kier alpha value is -2.77. The standard InChI is InChI=1S/C20H19ClFN3O3/c1-3-19(26)25-11(2)9-28-10-17(25)13-7-16(24-18(21)8-13)12-4-5-15(22)14(6-12)20(23)27/h3-8,11,17H,1,9-10H2,2H3,(H2,23,27)/t11-,17+/m1/s1. The highest BCUT2D eigenvalue weighted by molar-refractivity contribution is 6.29. The highest BCUT2D eigenvalue weighted by Gasteiger charge is 2.33. The fourth-order valence-electron chi connectivity index (χ4n) is 3.28. The van der Waals surface area contributed by atoms with Gasteiger partial charge in [0.05, 0.1) is 36.6 Å². The molecule has 28 heavy (non-hydrogen) atoms. The van der Waals surface area contributed by atoms with Gasteiger partial charge in [-0.3, -0.25) is 9.59 Å². The van der Waals surface area contributed by atoms with Crippen LogP contribution in [0.1, 0.15) is 28.9 Å². The fraction of sp³-hybridized carbons (Fsp3) is 0.250. The number of hydrogen-bond donors (Lipinski definition) is 1. The number of carbonyl (C=O) groups is 2. The van der Waals surface area contributed by atoms with Crippen molar-refractivity contribution in [2.24, 2.45) is 5.73 Å². The number of pyridine rings is 1. The van der Waals surface area contributed by atoms with E-state index in [1.54, 1.807) is 17.0 Å². The van der Waals surface area contributed by atoms with E-state index in [0.717, 1.165) is 6.07 Å². The Labute approximate surface area is 166 Å². The number of amides is 2. The molecule has 1 fully saturated rings. The smallest absolute Gasteiger partial charge is 0.251 e. The summed E-state index contributed by atoms with van der Waals surface area (Å²) < 4.78 is 19.4. The Balaban J connectivity index is 2.06. The van der Waals surface area contributed by atoms with Crippen LogP contribution in [0, 0.1) is 5.82 Å². The largest absolute Gasteiger partial charge is 0.377 e. The van der Waals surface area contributed by atoms with Gasteiger partial charge in [0.2, 0.25) is 5.91 Å². The second-order valence-corrected chi connectivity index (χ2v) is 6.91. The minimum atomic E-state index is -0.876. The Kier molecular flexibility index (Phi) is 5.76. The van der Waals surface area contributed by atoms with E-state index in [1.165, 1.54) is 18.2 Å². The summed E-state index contributed by atoms with van der Waals surface area (Å²) in [6.45, 7) is 6.16. The summed E-state index contributed by atoms with van der Waals surface area (Å²) in [5, 5.41) is 0.196. The molecule has 2 amide bonds. The molecule has 0 radical (unpaired) electrons. The third kappa shape index (κ3) is 3.90. The number of aromatic nitrogens is 1. The van der Waals surface area contributed by atoms with Crippen LogP contribution in [0.2, 0.25) is 5.15 Å². The molecule has 1 aliphatic heterocycles. The third-order valence-electron chi connectivity index (χ3n) is 4.60. The lowest BCUT2D eigenvalue weighted by molar-refractivity contribution is -0.140. The lowest BCUT2D eigenvalue weighted by Crippen LogP contribution is -2.48. The number of benzene rings is 1. The zero-order chi connectivity index (χ0) is 20.4. The second kappa shape index (κ2) is 8.08. The molecular formula is C20H19ClFN3O3. The molecule has 0 aliphatic carbocycles. The van der Waals surface area contributed by atoms with Crippen LogP contribution in [0.3, 0.4) is 0 Å². The molecular weight excluding hydrogens is 385 g/mol. The minimum Gasteiger partial charge on any atom is -0.377 e. The van der Waals surface area contributed by atoms with Gasteiger partial charge in [0.15, 0.2) is 0 Å². The lowest BCUT2D eigenvalue weighted by Gasteiger charge is -2.40. The lowest BCUT2D eigenvalue weighted by atomic mass is 9.99. The molecule has 8 heteroatoms. The summed E-state index contributed by atoms with van der Waals surface area (Å²) in [6.07, 6.45) is 1.26. The average Bonchev–Trinajstić information content (AvgIpc) is 2.66. The quantitative estimate of drug-likeness (QED) is 0.627. The van der Waals surface area contributed by atoms with Crippen LogP contribution in [0.15, 0.2) is 43.0 Å². The van der Waals surface area contributed by atoms with Gasteiger partial charge < -0.3 is 15.4 Å². The summed E-state index contributed by atoms with van der Waals surface area (Å²) in [4.78, 5) is 29.8. The third-order valence-corrected chi connectivity index (χ3v) is 4.80. The van der Waals surface area contributed by atoms with Crippen molar-refractivity contribution < 1.29 is 18.7 Å². The maximum absolute atomic E-state index is 13.8. The van der Waals surface area contributed by atoms with Gasteiger partial charge in [0.1, 0.15) is 11.0 Å². The molecule has 2 N–H and O–H groups in total. The number of morpholine rings is 1. The van der Waals surface area contributed by atoms with E-state index in [9.17, 15) is 14.0 Å². The Bertz CT molecular complexity index is 950. The first-order valence-corrected chi connectivity index (χ1v) is 8.99. The number of nitrogens with two attached hydrogens (primary N) is 1. The van der Waals surface area contributed by atoms with Crippen LogP contribution in [-0.2, 0) is 9.53 Å². The van der Waals surface area contributed by atoms with Crippen LogP contribution in [0.25, 0.3) is 11.3 Å². The van der Waals surface area contributed by atoms with Crippen LogP contribution in [0.5, 0.6) is 0 Å². The summed E-state index contributed by atoms with van der Waals surface area (Å²) in [5.41, 5.74) is 6.60. The van der Waals surface area contributed by atoms with Crippen LogP contribution in [0.4, 0.5) is 4.39 Å². The monoisotopic (exact) mass is 403 g/mol. The van der Waals surface area contributed by atoms with Gasteiger partial charge in [-0.25, -0.2) is 9.37 Å². The number of nitrogens with zero attached hydrogens (tertiary/aromatic N) is 2. The molecule has 1 aromatic heterocycles. The highest BCUT2D eigenvalue weighted by atomic mass is 35.5. The van der Waals surface area contributed by atoms with E-state index < -0.39 is 11.7 Å². The molecule has 2 atom stereocenters. The van der Waals surface area contributed by atoms with Gasteiger partial charge >= 0.3 is 0 Å². The van der Waals surface area contributed by atoms with E-state index in [2.05, 4.69) is 11.6 Å². The molecule has 1 saturated heterocycles. The first-order chi connectivity index (χ1) is 13.3. The number of ether oxygens (including phenoxy) is 1. The zero-order valence-electron chi connectivity index (χ0n) is 15.2. The molecule has 2 heterocycles. The van der Waals surface area contributed by atoms with Crippen molar-refractivity contribution in [1.29, 1.82) is 0 Å². The summed E-state index contributed by atoms with van der Waals surface area (Å²) >= 11 is 6.21. The number of hydrogen-bond acceptors (Lipinski definition) is 4. The average molecular weight is 404 g/mol. The van der Waals surface area contributed by atoms with E-state index in [-0.39, 0.29) is 28.7 Å². The first-order valence-electron chi connectivity index (χ1n) is 8.61. The molecule has 2 aromatic rings. The van der Waals surface area contributed by atoms with Gasteiger partial charge in [-0.05, 0) is 48.9 Å². The normalized spacial score (nSPS) is 19.3. The van der Waals surface area contributed by atoms with Gasteiger partial charge in [-0.2, -0.15) is 0 Å². The molecule has 0 saturated carbocycles. The van der Waals surface area contributed by atoms with E-state index in [0.29, 0.717) is 30.0 Å². The van der Waals surface area contributed by atoms with Crippen molar-refractivity contribution in [3.05, 3.63) is 65.1 Å². The van der Waals surface area contributed by atoms with Gasteiger partial charge in [0.25, 0.3) is 5.91 Å². The highest BCUT2D eigenvalue weighted by Crippen LogP contribution is 2.32. The van der Waals surface area contributed by atoms with Crippen molar-refractivity contribution in [2.45, 2.75) is 19.0 Å². The number of primary amides is 1. The van der Waals surface area contributed by atoms with E-state index >= 15 is 0 Å². The second-order valence-electron chi connectivity index (χ2n) is 6.52. The first kappa shape index (κ1) is 20.0. The van der Waals surface area contributed by atoms with Gasteiger partial charge in [-0.15, -0.1) is 0 Å². The predicted octanol–water partition coefficient (Wildman–Crippen LogP) is 3.11. The molecule has 0 unspecified atom stereocenters. The Morgan fingerprint density at radius 3 is 2.79 bits per heavy atom. The van der Waals surface area contributed by atoms with Crippen LogP contribution in [-0.4, -0.2) is 41.0 Å². The van der Waals surface area contributed by atoms with Crippen LogP contribution < -0.4 is 5.73 Å². The summed E-state index contributed by atoms with van der Waals surface area (Å²) in [6, 6.07) is 6.82. The molecule has 0 bridgehead atoms. The summed E-state index contributed by atoms with van der Waals surface area (Å²) in [7, 11) is 0. The maximum Gasteiger partial charge on any atom is 0.251 e.